The van der Waals surface area contributed by atoms with Crippen molar-refractivity contribution in [2.45, 2.75) is 6.54 Å². The summed E-state index contributed by atoms with van der Waals surface area (Å²) in [6, 6.07) is 11.2. The predicted molar refractivity (Wildman–Crippen MR) is 80.3 cm³/mol. The molecule has 0 heterocycles. The average Bonchev–Trinajstić information content (AvgIpc) is 2.39. The Morgan fingerprint density at radius 3 is 2.43 bits per heavy atom. The van der Waals surface area contributed by atoms with Gasteiger partial charge in [-0.05, 0) is 24.3 Å². The van der Waals surface area contributed by atoms with Crippen molar-refractivity contribution in [3.8, 4) is 11.5 Å². The first-order valence-corrected chi connectivity index (χ1v) is 7.54. The minimum Gasteiger partial charge on any atom is -0.504 e. The third-order valence-electron chi connectivity index (χ3n) is 2.70. The summed E-state index contributed by atoms with van der Waals surface area (Å²) in [5.41, 5.74) is 1.47. The van der Waals surface area contributed by atoms with E-state index in [1.807, 2.05) is 0 Å². The number of rotatable bonds is 5. The molecule has 0 saturated carbocycles. The Labute approximate surface area is 122 Å². The Morgan fingerprint density at radius 2 is 1.71 bits per heavy atom. The van der Waals surface area contributed by atoms with Crippen LogP contribution in [0.2, 0.25) is 0 Å². The molecule has 0 saturated heterocycles. The van der Waals surface area contributed by atoms with Gasteiger partial charge in [0.05, 0.1) is 5.69 Å². The van der Waals surface area contributed by atoms with Crippen LogP contribution in [-0.2, 0) is 16.8 Å². The zero-order valence-corrected chi connectivity index (χ0v) is 11.8. The van der Waals surface area contributed by atoms with Crippen molar-refractivity contribution in [2.24, 2.45) is 5.14 Å². The summed E-state index contributed by atoms with van der Waals surface area (Å²) >= 11 is 0. The number of nitrogens with one attached hydrogen (secondary N) is 2. The monoisotopic (exact) mass is 309 g/mol. The number of aromatic hydroxyl groups is 2. The highest BCUT2D eigenvalue weighted by Crippen LogP contribution is 2.28. The second-order valence-electron chi connectivity index (χ2n) is 4.37. The maximum Gasteiger partial charge on any atom is 0.296 e. The SMILES string of the molecule is NS(=O)(=O)Nc1cccc(NCc2cccc(O)c2O)c1. The van der Waals surface area contributed by atoms with Crippen LogP contribution in [0.15, 0.2) is 42.5 Å². The summed E-state index contributed by atoms with van der Waals surface area (Å²) < 4.78 is 24.1. The lowest BCUT2D eigenvalue weighted by Gasteiger charge is -2.10. The molecule has 6 N–H and O–H groups in total. The number of phenols is 2. The van der Waals surface area contributed by atoms with Gasteiger partial charge in [0.1, 0.15) is 0 Å². The third-order valence-corrected chi connectivity index (χ3v) is 3.22. The Kier molecular flexibility index (Phi) is 4.20. The summed E-state index contributed by atoms with van der Waals surface area (Å²) in [7, 11) is -3.82. The molecule has 0 aliphatic carbocycles. The Hall–Kier alpha value is -2.45. The average molecular weight is 309 g/mol. The van der Waals surface area contributed by atoms with Crippen molar-refractivity contribution in [1.29, 1.82) is 0 Å². The van der Waals surface area contributed by atoms with Crippen LogP contribution in [0.4, 0.5) is 11.4 Å². The van der Waals surface area contributed by atoms with Crippen molar-refractivity contribution >= 4 is 21.6 Å². The lowest BCUT2D eigenvalue weighted by molar-refractivity contribution is 0.400. The summed E-state index contributed by atoms with van der Waals surface area (Å²) in [6.45, 7) is 0.263. The van der Waals surface area contributed by atoms with E-state index in [2.05, 4.69) is 10.0 Å². The van der Waals surface area contributed by atoms with Crippen molar-refractivity contribution < 1.29 is 18.6 Å². The highest BCUT2D eigenvalue weighted by Gasteiger charge is 2.06. The van der Waals surface area contributed by atoms with Gasteiger partial charge < -0.3 is 15.5 Å². The van der Waals surface area contributed by atoms with Crippen molar-refractivity contribution in [1.82, 2.24) is 0 Å². The van der Waals surface area contributed by atoms with Crippen molar-refractivity contribution in [3.63, 3.8) is 0 Å². The van der Waals surface area contributed by atoms with E-state index in [1.165, 1.54) is 6.07 Å². The number of para-hydroxylation sites is 1. The smallest absolute Gasteiger partial charge is 0.296 e. The molecule has 112 valence electrons. The molecular formula is C13H15N3O4S. The number of hydrogen-bond donors (Lipinski definition) is 5. The number of anilines is 2. The highest BCUT2D eigenvalue weighted by molar-refractivity contribution is 7.90. The minimum atomic E-state index is -3.82. The lowest BCUT2D eigenvalue weighted by atomic mass is 10.2. The van der Waals surface area contributed by atoms with Gasteiger partial charge in [-0.2, -0.15) is 8.42 Å². The van der Waals surface area contributed by atoms with E-state index in [9.17, 15) is 18.6 Å². The van der Waals surface area contributed by atoms with E-state index in [0.717, 1.165) is 0 Å². The fourth-order valence-corrected chi connectivity index (χ4v) is 2.23. The fraction of sp³-hybridized carbons (Fsp3) is 0.0769. The number of hydrogen-bond acceptors (Lipinski definition) is 5. The first-order chi connectivity index (χ1) is 9.85. The van der Waals surface area contributed by atoms with E-state index < -0.39 is 10.2 Å². The Morgan fingerprint density at radius 1 is 1.05 bits per heavy atom. The summed E-state index contributed by atoms with van der Waals surface area (Å²) in [5, 5.41) is 27.0. The summed E-state index contributed by atoms with van der Waals surface area (Å²) in [4.78, 5) is 0. The number of phenolic OH excluding ortho intramolecular Hbond substituents is 2. The van der Waals surface area contributed by atoms with E-state index in [-0.39, 0.29) is 18.0 Å². The van der Waals surface area contributed by atoms with Gasteiger partial charge in [-0.3, -0.25) is 4.72 Å². The predicted octanol–water partition coefficient (Wildman–Crippen LogP) is 1.33. The molecule has 0 unspecified atom stereocenters. The van der Waals surface area contributed by atoms with Crippen LogP contribution < -0.4 is 15.2 Å². The molecule has 8 heteroatoms. The first-order valence-electron chi connectivity index (χ1n) is 5.99. The van der Waals surface area contributed by atoms with Crippen molar-refractivity contribution in [2.75, 3.05) is 10.0 Å². The second kappa shape index (κ2) is 5.90. The highest BCUT2D eigenvalue weighted by atomic mass is 32.2. The minimum absolute atomic E-state index is 0.191. The van der Waals surface area contributed by atoms with E-state index in [4.69, 9.17) is 5.14 Å². The topological polar surface area (TPSA) is 125 Å². The molecule has 0 aromatic heterocycles. The summed E-state index contributed by atoms with van der Waals surface area (Å²) in [5.74, 6) is -0.386. The molecule has 0 spiro atoms. The van der Waals surface area contributed by atoms with Crippen LogP contribution in [0.1, 0.15) is 5.56 Å². The van der Waals surface area contributed by atoms with Gasteiger partial charge in [-0.25, -0.2) is 5.14 Å². The molecule has 2 aromatic carbocycles. The first kappa shape index (κ1) is 14.9. The van der Waals surface area contributed by atoms with Gasteiger partial charge in [-0.1, -0.05) is 18.2 Å². The van der Waals surface area contributed by atoms with E-state index in [1.54, 1.807) is 36.4 Å². The maximum absolute atomic E-state index is 11.0. The van der Waals surface area contributed by atoms with Crippen LogP contribution in [0.5, 0.6) is 11.5 Å². The van der Waals surface area contributed by atoms with Gasteiger partial charge in [0.2, 0.25) is 0 Å². The lowest BCUT2D eigenvalue weighted by Crippen LogP contribution is -2.21. The molecular weight excluding hydrogens is 294 g/mol. The van der Waals surface area contributed by atoms with Gasteiger partial charge in [0.15, 0.2) is 11.5 Å². The zero-order valence-electron chi connectivity index (χ0n) is 10.9. The molecule has 21 heavy (non-hydrogen) atoms. The zero-order chi connectivity index (χ0) is 15.5. The molecule has 0 aliphatic heterocycles. The quantitative estimate of drug-likeness (QED) is 0.533. The summed E-state index contributed by atoms with van der Waals surface area (Å²) in [6.07, 6.45) is 0. The number of nitrogens with two attached hydrogens (primary N) is 1. The largest absolute Gasteiger partial charge is 0.504 e. The number of benzene rings is 2. The molecule has 0 amide bonds. The van der Waals surface area contributed by atoms with Crippen LogP contribution in [0.25, 0.3) is 0 Å². The van der Waals surface area contributed by atoms with Crippen LogP contribution >= 0.6 is 0 Å². The third kappa shape index (κ3) is 4.26. The molecule has 2 rings (SSSR count). The molecule has 0 aliphatic rings. The Balaban J connectivity index is 2.10. The van der Waals surface area contributed by atoms with Crippen molar-refractivity contribution in [3.05, 3.63) is 48.0 Å². The van der Waals surface area contributed by atoms with E-state index in [0.29, 0.717) is 16.9 Å². The Bertz CT molecular complexity index is 747. The van der Waals surface area contributed by atoms with Gasteiger partial charge in [0.25, 0.3) is 10.2 Å². The maximum atomic E-state index is 11.0. The molecule has 0 fully saturated rings. The standard InChI is InChI=1S/C13H15N3O4S/c14-21(19,20)16-11-5-2-4-10(7-11)15-8-9-3-1-6-12(17)13(9)18/h1-7,15-18H,8H2,(H2,14,19,20). The molecule has 0 atom stereocenters. The molecule has 2 aromatic rings. The normalized spacial score (nSPS) is 11.1. The molecule has 7 nitrogen and oxygen atoms in total. The molecule has 0 radical (unpaired) electrons. The van der Waals surface area contributed by atoms with Crippen LogP contribution in [-0.4, -0.2) is 18.6 Å². The van der Waals surface area contributed by atoms with Gasteiger partial charge in [0, 0.05) is 17.8 Å². The van der Waals surface area contributed by atoms with E-state index >= 15 is 0 Å². The van der Waals surface area contributed by atoms with Crippen LogP contribution in [0.3, 0.4) is 0 Å². The fourth-order valence-electron chi connectivity index (χ4n) is 1.77. The molecule has 0 bridgehead atoms. The van der Waals surface area contributed by atoms with Crippen LogP contribution in [0, 0.1) is 0 Å². The van der Waals surface area contributed by atoms with Gasteiger partial charge in [-0.15, -0.1) is 0 Å². The van der Waals surface area contributed by atoms with Gasteiger partial charge >= 0.3 is 0 Å². The second-order valence-corrected chi connectivity index (χ2v) is 5.66.